The van der Waals surface area contributed by atoms with Crippen LogP contribution >= 0.6 is 0 Å². The number of aryl methyl sites for hydroxylation is 1. The van der Waals surface area contributed by atoms with Crippen molar-refractivity contribution in [2.24, 2.45) is 0 Å². The van der Waals surface area contributed by atoms with E-state index in [9.17, 15) is 4.79 Å². The minimum atomic E-state index is -0.00206. The fourth-order valence-corrected chi connectivity index (χ4v) is 4.49. The summed E-state index contributed by atoms with van der Waals surface area (Å²) in [4.78, 5) is 17.1. The number of imidazole rings is 1. The van der Waals surface area contributed by atoms with Crippen LogP contribution in [0.2, 0.25) is 0 Å². The van der Waals surface area contributed by atoms with Gasteiger partial charge in [0.2, 0.25) is 0 Å². The average Bonchev–Trinajstić information content (AvgIpc) is 3.23. The Labute approximate surface area is 200 Å². The van der Waals surface area contributed by atoms with Crippen LogP contribution in [0.4, 0.5) is 0 Å². The number of rotatable bonds is 9. The molecule has 34 heavy (non-hydrogen) atoms. The molecule has 1 N–H and O–H groups in total. The van der Waals surface area contributed by atoms with Gasteiger partial charge in [-0.15, -0.1) is 0 Å². The highest BCUT2D eigenvalue weighted by molar-refractivity contribution is 5.94. The fourth-order valence-electron chi connectivity index (χ4n) is 4.49. The molecule has 0 atom stereocenters. The Balaban J connectivity index is 1.22. The number of para-hydroxylation sites is 2. The summed E-state index contributed by atoms with van der Waals surface area (Å²) in [7, 11) is 0. The van der Waals surface area contributed by atoms with Crippen LogP contribution < -0.4 is 5.32 Å². The van der Waals surface area contributed by atoms with E-state index in [1.807, 2.05) is 30.3 Å². The van der Waals surface area contributed by atoms with Crippen molar-refractivity contribution in [3.8, 4) is 0 Å². The van der Waals surface area contributed by atoms with E-state index in [0.717, 1.165) is 43.6 Å². The van der Waals surface area contributed by atoms with Gasteiger partial charge in [-0.25, -0.2) is 4.98 Å². The molecule has 170 valence electrons. The summed E-state index contributed by atoms with van der Waals surface area (Å²) in [5.74, 6) is 1.13. The topological polar surface area (TPSA) is 46.9 Å². The number of hydrogen-bond donors (Lipinski definition) is 1. The van der Waals surface area contributed by atoms with Crippen molar-refractivity contribution in [2.75, 3.05) is 6.54 Å². The lowest BCUT2D eigenvalue weighted by molar-refractivity contribution is 0.0953. The molecule has 0 fully saturated rings. The molecule has 5 rings (SSSR count). The summed E-state index contributed by atoms with van der Waals surface area (Å²) >= 11 is 0. The standard InChI is InChI=1S/C30H29N3O/c34-30(25-12-3-1-4-13-25)31-20-10-2-5-17-29-32-27-15-8-9-16-28(27)33(29)22-23-18-19-24-11-6-7-14-26(24)21-23/h1,3-4,6-9,11-16,18-19,21H,2,5,10,17,20,22H2,(H,31,34). The Hall–Kier alpha value is -3.92. The third kappa shape index (κ3) is 5.01. The van der Waals surface area contributed by atoms with Crippen molar-refractivity contribution in [3.63, 3.8) is 0 Å². The summed E-state index contributed by atoms with van der Waals surface area (Å²) in [6.07, 6.45) is 3.98. The summed E-state index contributed by atoms with van der Waals surface area (Å²) < 4.78 is 2.36. The monoisotopic (exact) mass is 447 g/mol. The molecule has 0 aliphatic heterocycles. The first kappa shape index (κ1) is 21.9. The average molecular weight is 448 g/mol. The number of hydrogen-bond acceptors (Lipinski definition) is 2. The number of benzene rings is 4. The smallest absolute Gasteiger partial charge is 0.251 e. The number of aromatic nitrogens is 2. The molecule has 0 unspecified atom stereocenters. The molecule has 0 aliphatic carbocycles. The SMILES string of the molecule is O=C(NCCCCCc1nc2ccccc2n1Cc1ccc2ccccc2c1)c1ccccc1. The van der Waals surface area contributed by atoms with Gasteiger partial charge in [0.05, 0.1) is 11.0 Å². The number of carbonyl (C=O) groups is 1. The summed E-state index contributed by atoms with van der Waals surface area (Å²) in [5, 5.41) is 5.55. The molecular formula is C30H29N3O. The van der Waals surface area contributed by atoms with Crippen LogP contribution in [0.15, 0.2) is 97.1 Å². The highest BCUT2D eigenvalue weighted by Gasteiger charge is 2.11. The fraction of sp³-hybridized carbons (Fsp3) is 0.200. The first-order valence-corrected chi connectivity index (χ1v) is 12.0. The summed E-state index contributed by atoms with van der Waals surface area (Å²) in [6, 6.07) is 33.0. The van der Waals surface area contributed by atoms with Crippen LogP contribution in [-0.2, 0) is 13.0 Å². The predicted octanol–water partition coefficient (Wildman–Crippen LogP) is 6.38. The molecule has 0 aliphatic rings. The van der Waals surface area contributed by atoms with Gasteiger partial charge < -0.3 is 9.88 Å². The van der Waals surface area contributed by atoms with Gasteiger partial charge in [0.15, 0.2) is 0 Å². The highest BCUT2D eigenvalue weighted by atomic mass is 16.1. The van der Waals surface area contributed by atoms with Crippen LogP contribution in [-0.4, -0.2) is 22.0 Å². The molecule has 4 heteroatoms. The van der Waals surface area contributed by atoms with Crippen molar-refractivity contribution in [1.82, 2.24) is 14.9 Å². The maximum absolute atomic E-state index is 12.2. The molecule has 0 saturated carbocycles. The molecule has 0 radical (unpaired) electrons. The van der Waals surface area contributed by atoms with Gasteiger partial charge in [-0.05, 0) is 59.5 Å². The molecule has 0 bridgehead atoms. The predicted molar refractivity (Wildman–Crippen MR) is 139 cm³/mol. The summed E-state index contributed by atoms with van der Waals surface area (Å²) in [6.45, 7) is 1.51. The van der Waals surface area contributed by atoms with Crippen molar-refractivity contribution in [3.05, 3.63) is 114 Å². The molecule has 1 amide bonds. The van der Waals surface area contributed by atoms with Gasteiger partial charge in [0.1, 0.15) is 5.82 Å². The Morgan fingerprint density at radius 3 is 2.41 bits per heavy atom. The van der Waals surface area contributed by atoms with Crippen LogP contribution in [0, 0.1) is 0 Å². The number of nitrogens with zero attached hydrogens (tertiary/aromatic N) is 2. The second-order valence-corrected chi connectivity index (χ2v) is 8.72. The Morgan fingerprint density at radius 2 is 1.53 bits per heavy atom. The minimum Gasteiger partial charge on any atom is -0.352 e. The largest absolute Gasteiger partial charge is 0.352 e. The van der Waals surface area contributed by atoms with E-state index in [1.165, 1.54) is 21.9 Å². The maximum atomic E-state index is 12.2. The number of amides is 1. The quantitative estimate of drug-likeness (QED) is 0.267. The second-order valence-electron chi connectivity index (χ2n) is 8.72. The van der Waals surface area contributed by atoms with Crippen molar-refractivity contribution >= 4 is 27.7 Å². The molecule has 1 heterocycles. The van der Waals surface area contributed by atoms with E-state index < -0.39 is 0 Å². The van der Waals surface area contributed by atoms with Gasteiger partial charge in [0.25, 0.3) is 5.91 Å². The first-order valence-electron chi connectivity index (χ1n) is 12.0. The van der Waals surface area contributed by atoms with Gasteiger partial charge in [-0.1, -0.05) is 73.2 Å². The number of carbonyl (C=O) groups excluding carboxylic acids is 1. The lowest BCUT2D eigenvalue weighted by Gasteiger charge is -2.11. The Bertz CT molecular complexity index is 1400. The van der Waals surface area contributed by atoms with E-state index in [-0.39, 0.29) is 5.91 Å². The Kier molecular flexibility index (Phi) is 6.66. The Morgan fingerprint density at radius 1 is 0.765 bits per heavy atom. The first-order chi connectivity index (χ1) is 16.8. The third-order valence-electron chi connectivity index (χ3n) is 6.29. The molecule has 4 aromatic carbocycles. The van der Waals surface area contributed by atoms with Gasteiger partial charge >= 0.3 is 0 Å². The van der Waals surface area contributed by atoms with Crippen molar-refractivity contribution in [2.45, 2.75) is 32.2 Å². The van der Waals surface area contributed by atoms with E-state index >= 15 is 0 Å². The van der Waals surface area contributed by atoms with Gasteiger partial charge in [-0.3, -0.25) is 4.79 Å². The van der Waals surface area contributed by atoms with Gasteiger partial charge in [-0.2, -0.15) is 0 Å². The summed E-state index contributed by atoms with van der Waals surface area (Å²) in [5.41, 5.74) is 4.23. The van der Waals surface area contributed by atoms with Crippen molar-refractivity contribution < 1.29 is 4.79 Å². The van der Waals surface area contributed by atoms with Gasteiger partial charge in [0, 0.05) is 25.1 Å². The molecule has 1 aromatic heterocycles. The molecule has 5 aromatic rings. The maximum Gasteiger partial charge on any atom is 0.251 e. The highest BCUT2D eigenvalue weighted by Crippen LogP contribution is 2.22. The van der Waals surface area contributed by atoms with E-state index in [0.29, 0.717) is 12.1 Å². The zero-order valence-corrected chi connectivity index (χ0v) is 19.3. The minimum absolute atomic E-state index is 0.00206. The van der Waals surface area contributed by atoms with E-state index in [4.69, 9.17) is 4.98 Å². The zero-order valence-electron chi connectivity index (χ0n) is 19.3. The lowest BCUT2D eigenvalue weighted by atomic mass is 10.1. The molecule has 4 nitrogen and oxygen atoms in total. The van der Waals surface area contributed by atoms with Crippen LogP contribution in [0.1, 0.15) is 41.0 Å². The van der Waals surface area contributed by atoms with Crippen LogP contribution in [0.3, 0.4) is 0 Å². The molecule has 0 saturated heterocycles. The number of nitrogens with one attached hydrogen (secondary N) is 1. The van der Waals surface area contributed by atoms with Crippen LogP contribution in [0.25, 0.3) is 21.8 Å². The molecule has 0 spiro atoms. The third-order valence-corrected chi connectivity index (χ3v) is 6.29. The lowest BCUT2D eigenvalue weighted by Crippen LogP contribution is -2.24. The van der Waals surface area contributed by atoms with Crippen LogP contribution in [0.5, 0.6) is 0 Å². The number of unbranched alkanes of at least 4 members (excludes halogenated alkanes) is 2. The zero-order chi connectivity index (χ0) is 23.2. The number of fused-ring (bicyclic) bond motifs is 2. The normalized spacial score (nSPS) is 11.2. The second kappa shape index (κ2) is 10.3. The van der Waals surface area contributed by atoms with E-state index in [1.54, 1.807) is 0 Å². The van der Waals surface area contributed by atoms with E-state index in [2.05, 4.69) is 76.6 Å². The van der Waals surface area contributed by atoms with Crippen molar-refractivity contribution in [1.29, 1.82) is 0 Å². The molecular weight excluding hydrogens is 418 g/mol.